The van der Waals surface area contributed by atoms with Crippen molar-refractivity contribution >= 4 is 98.0 Å². The molecule has 93 heavy (non-hydrogen) atoms. The molecule has 9 aromatic rings. The summed E-state index contributed by atoms with van der Waals surface area (Å²) in [5, 5.41) is 26.1. The summed E-state index contributed by atoms with van der Waals surface area (Å²) in [6.07, 6.45) is 4.97. The number of carbonyl (C=O) groups excluding carboxylic acids is 9. The van der Waals surface area contributed by atoms with Gasteiger partial charge in [-0.2, -0.15) is 10.2 Å². The van der Waals surface area contributed by atoms with Gasteiger partial charge in [0.2, 0.25) is 0 Å². The van der Waals surface area contributed by atoms with E-state index in [0.717, 1.165) is 18.5 Å². The van der Waals surface area contributed by atoms with Gasteiger partial charge >= 0.3 is 0 Å². The van der Waals surface area contributed by atoms with Gasteiger partial charge in [-0.25, -0.2) is 18.2 Å². The molecule has 0 radical (unpaired) electrons. The van der Waals surface area contributed by atoms with Crippen LogP contribution in [0.4, 0.5) is 47.0 Å². The Morgan fingerprint density at radius 2 is 0.817 bits per heavy atom. The fourth-order valence-electron chi connectivity index (χ4n) is 10.3. The highest BCUT2D eigenvalue weighted by Crippen LogP contribution is 2.28. The van der Waals surface area contributed by atoms with Crippen molar-refractivity contribution in [3.05, 3.63) is 192 Å². The number of benzene rings is 3. The van der Waals surface area contributed by atoms with Gasteiger partial charge in [0.25, 0.3) is 52.8 Å². The number of nitrogens with zero attached hydrogens (tertiary/aromatic N) is 8. The van der Waals surface area contributed by atoms with Gasteiger partial charge in [-0.05, 0) is 163 Å². The third-order valence-corrected chi connectivity index (χ3v) is 16.2. The highest BCUT2D eigenvalue weighted by molar-refractivity contribution is 7.14. The topological polar surface area (TPSA) is 289 Å². The second kappa shape index (κ2) is 29.4. The van der Waals surface area contributed by atoms with Crippen molar-refractivity contribution in [2.24, 2.45) is 28.2 Å². The van der Waals surface area contributed by atoms with E-state index in [1.807, 2.05) is 19.2 Å². The van der Waals surface area contributed by atoms with Gasteiger partial charge in [0.15, 0.2) is 16.8 Å². The van der Waals surface area contributed by atoms with E-state index in [0.29, 0.717) is 84.8 Å². The zero-order valence-corrected chi connectivity index (χ0v) is 54.8. The van der Waals surface area contributed by atoms with Crippen molar-refractivity contribution < 1.29 is 56.3 Å². The lowest BCUT2D eigenvalue weighted by atomic mass is 10.1. The third kappa shape index (κ3) is 15.7. The average molecular weight is 1290 g/mol. The molecule has 3 aromatic carbocycles. The van der Waals surface area contributed by atoms with E-state index in [1.54, 1.807) is 120 Å². The summed E-state index contributed by atoms with van der Waals surface area (Å²) in [5.41, 5.74) is 7.32. The normalized spacial score (nSPS) is 10.8. The molecule has 0 spiro atoms. The number of aryl methyl sites for hydroxylation is 6. The predicted molar refractivity (Wildman–Crippen MR) is 348 cm³/mol. The third-order valence-electron chi connectivity index (χ3n) is 15.4. The lowest BCUT2D eigenvalue weighted by Gasteiger charge is -2.07. The van der Waals surface area contributed by atoms with Crippen LogP contribution in [0.2, 0.25) is 0 Å². The van der Waals surface area contributed by atoms with E-state index in [9.17, 15) is 56.3 Å². The molecule has 6 heterocycles. The largest absolute Gasteiger partial charge is 0.344 e. The first kappa shape index (κ1) is 69.6. The molecular formula is C66H71F3N14O9S. The zero-order chi connectivity index (χ0) is 68.6. The zero-order valence-electron chi connectivity index (χ0n) is 54.0. The van der Waals surface area contributed by atoms with Crippen molar-refractivity contribution in [1.29, 1.82) is 0 Å². The Labute approximate surface area is 537 Å². The lowest BCUT2D eigenvalue weighted by molar-refractivity contribution is -0.113. The van der Waals surface area contributed by atoms with Crippen LogP contribution in [0, 0.1) is 79.8 Å². The second-order valence-electron chi connectivity index (χ2n) is 21.9. The van der Waals surface area contributed by atoms with Crippen LogP contribution in [0.5, 0.6) is 0 Å². The number of halogens is 3. The van der Waals surface area contributed by atoms with Crippen molar-refractivity contribution in [1.82, 2.24) is 38.2 Å². The fraction of sp³-hybridized carbons (Fsp3) is 0.273. The molecular weight excluding hydrogens is 1220 g/mol. The summed E-state index contributed by atoms with van der Waals surface area (Å²) in [4.78, 5) is 119. The lowest BCUT2D eigenvalue weighted by Crippen LogP contribution is -2.26. The van der Waals surface area contributed by atoms with E-state index in [2.05, 4.69) is 47.1 Å². The molecule has 0 atom stereocenters. The highest BCUT2D eigenvalue weighted by atomic mass is 32.1. The van der Waals surface area contributed by atoms with Crippen molar-refractivity contribution in [2.75, 3.05) is 31.9 Å². The molecule has 9 rings (SSSR count). The predicted octanol–water partition coefficient (Wildman–Crippen LogP) is 10.8. The van der Waals surface area contributed by atoms with Gasteiger partial charge in [0, 0.05) is 98.8 Å². The second-order valence-corrected chi connectivity index (χ2v) is 22.8. The summed E-state index contributed by atoms with van der Waals surface area (Å²) in [6.45, 7) is 19.4. The molecule has 23 nitrogen and oxygen atoms in total. The van der Waals surface area contributed by atoms with E-state index >= 15 is 0 Å². The first-order valence-corrected chi connectivity index (χ1v) is 30.0. The van der Waals surface area contributed by atoms with Crippen LogP contribution in [0.15, 0.2) is 84.5 Å². The Bertz CT molecular complexity index is 4470. The van der Waals surface area contributed by atoms with Gasteiger partial charge in [-0.1, -0.05) is 13.8 Å². The Kier molecular flexibility index (Phi) is 22.0. The van der Waals surface area contributed by atoms with Crippen LogP contribution in [0.1, 0.15) is 139 Å². The average Bonchev–Trinajstić information content (AvgIpc) is 1.65. The van der Waals surface area contributed by atoms with Gasteiger partial charge in [0.1, 0.15) is 17.5 Å². The number of hydrogen-bond acceptors (Lipinski definition) is 13. The Morgan fingerprint density at radius 3 is 1.14 bits per heavy atom. The molecule has 6 N–H and O–H groups in total. The van der Waals surface area contributed by atoms with E-state index in [1.165, 1.54) is 84.3 Å². The number of hydrogen-bond donors (Lipinski definition) is 6. The molecule has 0 saturated carbocycles. The molecule has 0 bridgehead atoms. The minimum Gasteiger partial charge on any atom is -0.344 e. The number of amides is 6. The fourth-order valence-corrected chi connectivity index (χ4v) is 11.1. The summed E-state index contributed by atoms with van der Waals surface area (Å²) in [5.74, 6) is -6.70. The molecule has 486 valence electrons. The van der Waals surface area contributed by atoms with E-state index in [4.69, 9.17) is 0 Å². The number of anilines is 6. The summed E-state index contributed by atoms with van der Waals surface area (Å²) in [7, 11) is 6.55. The minimum absolute atomic E-state index is 0.112. The van der Waals surface area contributed by atoms with Gasteiger partial charge in [-0.15, -0.1) is 11.3 Å². The summed E-state index contributed by atoms with van der Waals surface area (Å²) < 4.78 is 48.2. The van der Waals surface area contributed by atoms with E-state index in [-0.39, 0.29) is 57.3 Å². The highest BCUT2D eigenvalue weighted by Gasteiger charge is 2.32. The first-order valence-electron chi connectivity index (χ1n) is 29.1. The van der Waals surface area contributed by atoms with Crippen LogP contribution in [0.25, 0.3) is 0 Å². The summed E-state index contributed by atoms with van der Waals surface area (Å²) >= 11 is 1.25. The number of aromatic nitrogens is 8. The van der Waals surface area contributed by atoms with Crippen molar-refractivity contribution in [3.8, 4) is 0 Å². The summed E-state index contributed by atoms with van der Waals surface area (Å²) in [6, 6.07) is 16.0. The van der Waals surface area contributed by atoms with Crippen LogP contribution < -0.4 is 31.9 Å². The van der Waals surface area contributed by atoms with Gasteiger partial charge < -0.3 is 40.3 Å². The Balaban J connectivity index is 0.000000198. The Hall–Kier alpha value is -10.8. The maximum absolute atomic E-state index is 13.5. The smallest absolute Gasteiger partial charge is 0.300 e. The number of ketones is 3. The number of thiazole rings is 1. The molecule has 0 saturated heterocycles. The molecule has 0 aliphatic rings. The molecule has 27 heteroatoms. The molecule has 0 fully saturated rings. The van der Waals surface area contributed by atoms with Crippen LogP contribution in [-0.4, -0.2) is 91.0 Å². The number of rotatable bonds is 18. The first-order chi connectivity index (χ1) is 43.9. The molecule has 6 aromatic heterocycles. The molecule has 0 aliphatic carbocycles. The number of Topliss-reactive ketones (excluding diaryl/α,β-unsaturated/α-hetero) is 3. The molecule has 0 aliphatic heterocycles. The maximum Gasteiger partial charge on any atom is 0.300 e. The number of carbonyl (C=O) groups is 9. The van der Waals surface area contributed by atoms with Gasteiger partial charge in [-0.3, -0.25) is 57.8 Å². The number of nitrogens with one attached hydrogen (secondary N) is 6. The standard InChI is InChI=1S/C23H26FN5O3.C22H23FN4O3S.C21H22FN5O3/c1-6-10-29-11-9-18(27-29)26-23(32)21(30)20-14(3)19(15(4)28(20)5)22(31)25-16-7-8-17(24)13(2)12-16;1-6-14-10-31-22(25-14)26-21(30)19(28)18-12(3)17(13(4)27(18)5)20(29)24-15-7-8-16(23)11(2)9-15;1-11-10-14(6-7-15(11)22)23-20(29)17-12(2)18(27(5)13(17)3)19(28)21(30)24-16-8-9-26(4)25-16/h7-9,11-12H,6,10H2,1-5H3,(H,25,31)(H,26,27,32);7-10H,6H2,1-5H3,(H,24,29)(H,25,26,30);6-10H,1-5H3,(H,23,29)(H,24,25,30). The van der Waals surface area contributed by atoms with E-state index < -0.39 is 52.8 Å². The molecule has 0 unspecified atom stereocenters. The van der Waals surface area contributed by atoms with Crippen LogP contribution >= 0.6 is 11.3 Å². The minimum atomic E-state index is -0.849. The Morgan fingerprint density at radius 1 is 0.462 bits per heavy atom. The monoisotopic (exact) mass is 1290 g/mol. The van der Waals surface area contributed by atoms with Crippen LogP contribution in [0.3, 0.4) is 0 Å². The molecule has 6 amide bonds. The maximum atomic E-state index is 13.5. The van der Waals surface area contributed by atoms with Gasteiger partial charge in [0.05, 0.1) is 39.5 Å². The van der Waals surface area contributed by atoms with Crippen molar-refractivity contribution in [2.45, 2.75) is 95.5 Å². The van der Waals surface area contributed by atoms with Crippen molar-refractivity contribution in [3.63, 3.8) is 0 Å². The SMILES string of the molecule is CCCn1ccc(NC(=O)C(=O)c2c(C)c(C(=O)Nc3ccc(F)c(C)c3)c(C)n2C)n1.CCc1csc(NC(=O)C(=O)c2c(C)c(C(=O)Nc3ccc(F)c(C)c3)c(C)n2C)n1.Cc1cc(NC(=O)c2c(C)c(C(=O)C(=O)Nc3ccn(C)n3)n(C)c2C)ccc1F. The quantitative estimate of drug-likeness (QED) is 0.0345. The van der Waals surface area contributed by atoms with Crippen LogP contribution in [-0.2, 0) is 55.5 Å².